The molecule has 0 saturated heterocycles. The third-order valence-corrected chi connectivity index (χ3v) is 4.07. The zero-order chi connectivity index (χ0) is 13.7. The van der Waals surface area contributed by atoms with Crippen molar-refractivity contribution in [2.75, 3.05) is 0 Å². The maximum Gasteiger partial charge on any atom is 0.249 e. The van der Waals surface area contributed by atoms with E-state index in [9.17, 15) is 4.79 Å². The Bertz CT molecular complexity index is 563. The van der Waals surface area contributed by atoms with Crippen molar-refractivity contribution in [3.63, 3.8) is 0 Å². The number of amides is 1. The first-order valence-corrected chi connectivity index (χ1v) is 7.24. The lowest BCUT2D eigenvalue weighted by Gasteiger charge is -2.08. The lowest BCUT2D eigenvalue weighted by atomic mass is 10.1. The Balaban J connectivity index is 1.98. The number of benzene rings is 1. The van der Waals surface area contributed by atoms with Crippen LogP contribution < -0.4 is 11.1 Å². The molecule has 0 bridgehead atoms. The van der Waals surface area contributed by atoms with Crippen LogP contribution in [0.5, 0.6) is 0 Å². The largest absolute Gasteiger partial charge is 0.366 e. The molecule has 0 saturated carbocycles. The first-order valence-electron chi connectivity index (χ1n) is 6.36. The van der Waals surface area contributed by atoms with E-state index in [-0.39, 0.29) is 5.91 Å². The van der Waals surface area contributed by atoms with E-state index in [1.807, 2.05) is 18.2 Å². The highest BCUT2D eigenvalue weighted by molar-refractivity contribution is 7.10. The lowest BCUT2D eigenvalue weighted by molar-refractivity contribution is 0.0999. The number of thiophene rings is 1. The van der Waals surface area contributed by atoms with E-state index in [2.05, 4.69) is 23.7 Å². The summed E-state index contributed by atoms with van der Waals surface area (Å²) in [5.74, 6) is -0.372. The minimum atomic E-state index is -0.372. The molecular weight excluding hydrogens is 256 g/mol. The van der Waals surface area contributed by atoms with Crippen LogP contribution in [0.1, 0.15) is 33.3 Å². The van der Waals surface area contributed by atoms with Crippen LogP contribution in [0.3, 0.4) is 0 Å². The van der Waals surface area contributed by atoms with Gasteiger partial charge in [-0.1, -0.05) is 25.1 Å². The van der Waals surface area contributed by atoms with E-state index in [1.165, 1.54) is 10.4 Å². The Hall–Kier alpha value is -1.65. The van der Waals surface area contributed by atoms with Crippen LogP contribution in [0.25, 0.3) is 0 Å². The molecule has 2 aromatic rings. The van der Waals surface area contributed by atoms with Gasteiger partial charge in [0, 0.05) is 23.5 Å². The summed E-state index contributed by atoms with van der Waals surface area (Å²) in [7, 11) is 0. The molecule has 0 aliphatic carbocycles. The van der Waals surface area contributed by atoms with Crippen LogP contribution in [0, 0.1) is 0 Å². The number of nitrogens with two attached hydrogens (primary N) is 1. The van der Waals surface area contributed by atoms with Gasteiger partial charge in [0.2, 0.25) is 5.91 Å². The van der Waals surface area contributed by atoms with Gasteiger partial charge in [0.15, 0.2) is 0 Å². The van der Waals surface area contributed by atoms with Crippen LogP contribution in [0.15, 0.2) is 35.7 Å². The SMILES string of the molecule is CCc1ccsc1CNCc1ccccc1C(N)=O. The summed E-state index contributed by atoms with van der Waals surface area (Å²) in [4.78, 5) is 12.7. The summed E-state index contributed by atoms with van der Waals surface area (Å²) in [6, 6.07) is 9.62. The van der Waals surface area contributed by atoms with Crippen molar-refractivity contribution in [1.29, 1.82) is 0 Å². The zero-order valence-electron chi connectivity index (χ0n) is 11.0. The molecule has 4 heteroatoms. The molecule has 1 aromatic heterocycles. The van der Waals surface area contributed by atoms with Crippen LogP contribution >= 0.6 is 11.3 Å². The molecule has 0 radical (unpaired) electrons. The van der Waals surface area contributed by atoms with Gasteiger partial charge in [0.25, 0.3) is 0 Å². The average molecular weight is 274 g/mol. The molecule has 0 aliphatic heterocycles. The van der Waals surface area contributed by atoms with Crippen molar-refractivity contribution in [1.82, 2.24) is 5.32 Å². The molecule has 1 aromatic carbocycles. The average Bonchev–Trinajstić information content (AvgIpc) is 2.86. The van der Waals surface area contributed by atoms with E-state index in [4.69, 9.17) is 5.73 Å². The van der Waals surface area contributed by atoms with Gasteiger partial charge in [-0.05, 0) is 35.1 Å². The molecule has 3 nitrogen and oxygen atoms in total. The topological polar surface area (TPSA) is 55.1 Å². The summed E-state index contributed by atoms with van der Waals surface area (Å²) < 4.78 is 0. The Morgan fingerprint density at radius 1 is 1.21 bits per heavy atom. The minimum Gasteiger partial charge on any atom is -0.366 e. The van der Waals surface area contributed by atoms with Crippen molar-refractivity contribution in [2.45, 2.75) is 26.4 Å². The van der Waals surface area contributed by atoms with Crippen LogP contribution in [-0.4, -0.2) is 5.91 Å². The maximum absolute atomic E-state index is 11.3. The highest BCUT2D eigenvalue weighted by Gasteiger charge is 2.07. The van der Waals surface area contributed by atoms with E-state index >= 15 is 0 Å². The Kier molecular flexibility index (Phi) is 4.71. The number of nitrogens with one attached hydrogen (secondary N) is 1. The van der Waals surface area contributed by atoms with Crippen molar-refractivity contribution in [3.05, 3.63) is 57.3 Å². The smallest absolute Gasteiger partial charge is 0.249 e. The molecule has 19 heavy (non-hydrogen) atoms. The summed E-state index contributed by atoms with van der Waals surface area (Å²) in [5, 5.41) is 5.49. The number of rotatable bonds is 6. The number of carbonyl (C=O) groups is 1. The van der Waals surface area contributed by atoms with Gasteiger partial charge in [-0.2, -0.15) is 0 Å². The number of hydrogen-bond acceptors (Lipinski definition) is 3. The summed E-state index contributed by atoms with van der Waals surface area (Å²) in [5.41, 5.74) is 8.29. The van der Waals surface area contributed by atoms with Crippen LogP contribution in [0.2, 0.25) is 0 Å². The third kappa shape index (κ3) is 3.43. The van der Waals surface area contributed by atoms with E-state index in [1.54, 1.807) is 17.4 Å². The second-order valence-electron chi connectivity index (χ2n) is 4.35. The van der Waals surface area contributed by atoms with Crippen molar-refractivity contribution in [2.24, 2.45) is 5.73 Å². The second-order valence-corrected chi connectivity index (χ2v) is 5.35. The molecule has 100 valence electrons. The lowest BCUT2D eigenvalue weighted by Crippen LogP contribution is -2.18. The number of primary amides is 1. The van der Waals surface area contributed by atoms with Crippen molar-refractivity contribution in [3.8, 4) is 0 Å². The van der Waals surface area contributed by atoms with Gasteiger partial charge >= 0.3 is 0 Å². The fourth-order valence-corrected chi connectivity index (χ4v) is 3.01. The Morgan fingerprint density at radius 2 is 2.00 bits per heavy atom. The molecule has 0 atom stereocenters. The van der Waals surface area contributed by atoms with Gasteiger partial charge in [0.1, 0.15) is 0 Å². The predicted molar refractivity (Wildman–Crippen MR) is 79.2 cm³/mol. The van der Waals surface area contributed by atoms with Gasteiger partial charge < -0.3 is 11.1 Å². The highest BCUT2D eigenvalue weighted by atomic mass is 32.1. The fourth-order valence-electron chi connectivity index (χ4n) is 2.06. The molecule has 0 fully saturated rings. The molecular formula is C15H18N2OS. The number of aryl methyl sites for hydroxylation is 1. The molecule has 1 amide bonds. The first-order chi connectivity index (χ1) is 9.22. The Morgan fingerprint density at radius 3 is 2.74 bits per heavy atom. The minimum absolute atomic E-state index is 0.372. The first kappa shape index (κ1) is 13.8. The van der Waals surface area contributed by atoms with Crippen molar-refractivity contribution < 1.29 is 4.79 Å². The Labute approximate surface area is 117 Å². The van der Waals surface area contributed by atoms with Gasteiger partial charge in [-0.25, -0.2) is 0 Å². The van der Waals surface area contributed by atoms with E-state index in [0.29, 0.717) is 12.1 Å². The van der Waals surface area contributed by atoms with Gasteiger partial charge in [0.05, 0.1) is 0 Å². The monoisotopic (exact) mass is 274 g/mol. The second kappa shape index (κ2) is 6.50. The molecule has 1 heterocycles. The molecule has 0 aliphatic rings. The van der Waals surface area contributed by atoms with E-state index in [0.717, 1.165) is 18.5 Å². The summed E-state index contributed by atoms with van der Waals surface area (Å²) in [6.45, 7) is 3.64. The van der Waals surface area contributed by atoms with E-state index < -0.39 is 0 Å². The molecule has 0 unspecified atom stereocenters. The summed E-state index contributed by atoms with van der Waals surface area (Å²) in [6.07, 6.45) is 1.05. The van der Waals surface area contributed by atoms with Gasteiger partial charge in [-0.15, -0.1) is 11.3 Å². The third-order valence-electron chi connectivity index (χ3n) is 3.10. The van der Waals surface area contributed by atoms with Crippen LogP contribution in [0.4, 0.5) is 0 Å². The molecule has 2 rings (SSSR count). The number of carbonyl (C=O) groups excluding carboxylic acids is 1. The van der Waals surface area contributed by atoms with Crippen LogP contribution in [-0.2, 0) is 19.5 Å². The number of hydrogen-bond donors (Lipinski definition) is 2. The maximum atomic E-state index is 11.3. The zero-order valence-corrected chi connectivity index (χ0v) is 11.8. The molecule has 3 N–H and O–H groups in total. The fraction of sp³-hybridized carbons (Fsp3) is 0.267. The van der Waals surface area contributed by atoms with Crippen molar-refractivity contribution >= 4 is 17.2 Å². The van der Waals surface area contributed by atoms with Gasteiger partial charge in [-0.3, -0.25) is 4.79 Å². The highest BCUT2D eigenvalue weighted by Crippen LogP contribution is 2.17. The normalized spacial score (nSPS) is 10.6. The molecule has 0 spiro atoms. The quantitative estimate of drug-likeness (QED) is 0.851. The summed E-state index contributed by atoms with van der Waals surface area (Å²) >= 11 is 1.77. The predicted octanol–water partition coefficient (Wildman–Crippen LogP) is 2.70. The standard InChI is InChI=1S/C15H18N2OS/c1-2-11-7-8-19-14(11)10-17-9-12-5-3-4-6-13(12)15(16)18/h3-8,17H,2,9-10H2,1H3,(H2,16,18).